The zero-order valence-corrected chi connectivity index (χ0v) is 10.7. The summed E-state index contributed by atoms with van der Waals surface area (Å²) in [5, 5.41) is 0. The number of hydrogen-bond donors (Lipinski definition) is 0. The van der Waals surface area contributed by atoms with Gasteiger partial charge in [-0.05, 0) is 0 Å². The third-order valence-corrected chi connectivity index (χ3v) is 1.03. The second-order valence-electron chi connectivity index (χ2n) is 1.92. The topological polar surface area (TPSA) is 25.8 Å². The summed E-state index contributed by atoms with van der Waals surface area (Å²) in [5.41, 5.74) is 0. The van der Waals surface area contributed by atoms with Gasteiger partial charge >= 0.3 is 17.1 Å². The van der Waals surface area contributed by atoms with Crippen LogP contribution in [0.4, 0.5) is 0 Å². The summed E-state index contributed by atoms with van der Waals surface area (Å²) in [6.07, 6.45) is 8.67. The van der Waals surface area contributed by atoms with Gasteiger partial charge in [-0.3, -0.25) is 0 Å². The predicted molar refractivity (Wildman–Crippen MR) is 61.6 cm³/mol. The Balaban J connectivity index is 0. The van der Waals surface area contributed by atoms with Crippen molar-refractivity contribution in [3.05, 3.63) is 61.2 Å². The van der Waals surface area contributed by atoms with E-state index in [4.69, 9.17) is 0 Å². The quantitative estimate of drug-likeness (QED) is 0.418. The Kier molecular flexibility index (Phi) is 14.3. The van der Waals surface area contributed by atoms with Crippen LogP contribution in [0, 0.1) is 12.4 Å². The van der Waals surface area contributed by atoms with Crippen molar-refractivity contribution in [2.45, 2.75) is 0 Å². The number of pyridine rings is 2. The summed E-state index contributed by atoms with van der Waals surface area (Å²) in [5.74, 6) is 0. The van der Waals surface area contributed by atoms with Gasteiger partial charge in [0, 0.05) is 0 Å². The maximum Gasteiger partial charge on any atom is 2.00 e. The molecule has 0 aliphatic heterocycles. The summed E-state index contributed by atoms with van der Waals surface area (Å²) in [6, 6.07) is 11.0. The van der Waals surface area contributed by atoms with Crippen LogP contribution in [-0.4, -0.2) is 9.97 Å². The van der Waals surface area contributed by atoms with Gasteiger partial charge < -0.3 is 9.97 Å². The van der Waals surface area contributed by atoms with Gasteiger partial charge in [0.05, 0.1) is 0 Å². The minimum absolute atomic E-state index is 0. The van der Waals surface area contributed by atoms with E-state index >= 15 is 0 Å². The van der Waals surface area contributed by atoms with Crippen molar-refractivity contribution in [2.75, 3.05) is 0 Å². The first-order valence-corrected chi connectivity index (χ1v) is 3.54. The summed E-state index contributed by atoms with van der Waals surface area (Å²) in [7, 11) is 0. The van der Waals surface area contributed by atoms with Gasteiger partial charge in [0.15, 0.2) is 0 Å². The normalized spacial score (nSPS) is 6.86. The van der Waals surface area contributed by atoms with Crippen LogP contribution < -0.4 is 0 Å². The molecule has 2 rings (SSSR count). The average molecular weight is 340 g/mol. The van der Waals surface area contributed by atoms with Gasteiger partial charge in [0.1, 0.15) is 0 Å². The Morgan fingerprint density at radius 2 is 1.14 bits per heavy atom. The fourth-order valence-corrected chi connectivity index (χ4v) is 0.555. The number of aromatic nitrogens is 2. The average Bonchev–Trinajstić information content (AvgIpc) is 2.24. The van der Waals surface area contributed by atoms with Crippen molar-refractivity contribution in [2.24, 2.45) is 0 Å². The molecule has 0 spiro atoms. The van der Waals surface area contributed by atoms with E-state index in [2.05, 4.69) is 22.4 Å². The molecule has 2 aromatic heterocycles. The van der Waals surface area contributed by atoms with Crippen LogP contribution in [-0.2, 0) is 17.1 Å². The molecule has 0 aromatic carbocycles. The minimum Gasteiger partial charge on any atom is -0.394 e. The Morgan fingerprint density at radius 1 is 0.714 bits per heavy atom. The molecular weight excluding hydrogens is 331 g/mol. The van der Waals surface area contributed by atoms with Crippen LogP contribution in [0.25, 0.3) is 0 Å². The molecule has 0 saturated carbocycles. The van der Waals surface area contributed by atoms with Crippen molar-refractivity contribution >= 4 is 24.0 Å². The van der Waals surface area contributed by atoms with Crippen molar-refractivity contribution < 1.29 is 17.1 Å². The van der Waals surface area contributed by atoms with Crippen molar-refractivity contribution in [3.63, 3.8) is 0 Å². The molecule has 2 aromatic rings. The summed E-state index contributed by atoms with van der Waals surface area (Å²) in [4.78, 5) is 7.32. The third-order valence-electron chi connectivity index (χ3n) is 1.03. The van der Waals surface area contributed by atoms with Crippen molar-refractivity contribution in [1.82, 2.24) is 9.97 Å². The van der Waals surface area contributed by atoms with E-state index in [0.29, 0.717) is 0 Å². The second kappa shape index (κ2) is 12.5. The maximum atomic E-state index is 3.66. The van der Waals surface area contributed by atoms with E-state index in [-0.39, 0.29) is 41.0 Å². The minimum atomic E-state index is 0. The molecule has 0 atom stereocenters. The van der Waals surface area contributed by atoms with Crippen LogP contribution in [0.3, 0.4) is 0 Å². The van der Waals surface area contributed by atoms with E-state index in [0.717, 1.165) is 0 Å². The number of nitrogens with zero attached hydrogens (tertiary/aromatic N) is 2. The van der Waals surface area contributed by atoms with Crippen LogP contribution in [0.1, 0.15) is 0 Å². The Bertz CT molecular complexity index is 194. The van der Waals surface area contributed by atoms with Crippen molar-refractivity contribution in [1.29, 1.82) is 0 Å². The van der Waals surface area contributed by atoms with E-state index in [1.54, 1.807) is 24.5 Å². The molecule has 0 amide bonds. The summed E-state index contributed by atoms with van der Waals surface area (Å²) >= 11 is 0. The second-order valence-corrected chi connectivity index (χ2v) is 1.92. The maximum absolute atomic E-state index is 3.66. The van der Waals surface area contributed by atoms with Crippen LogP contribution >= 0.6 is 24.0 Å². The van der Waals surface area contributed by atoms with Crippen LogP contribution in [0.2, 0.25) is 0 Å². The number of halogens is 1. The molecule has 0 fully saturated rings. The van der Waals surface area contributed by atoms with Gasteiger partial charge in [0.2, 0.25) is 0 Å². The van der Waals surface area contributed by atoms with E-state index < -0.39 is 0 Å². The first kappa shape index (κ1) is 16.0. The fraction of sp³-hybridized carbons (Fsp3) is 0. The molecule has 2 nitrogen and oxygen atoms in total. The largest absolute Gasteiger partial charge is 2.00 e. The first-order valence-electron chi connectivity index (χ1n) is 3.54. The molecular formula is C10H9FeIN2. The molecule has 0 unspecified atom stereocenters. The van der Waals surface area contributed by atoms with Crippen molar-refractivity contribution in [3.8, 4) is 0 Å². The summed E-state index contributed by atoms with van der Waals surface area (Å²) < 4.78 is 0. The smallest absolute Gasteiger partial charge is 0.394 e. The zero-order valence-electron chi connectivity index (χ0n) is 7.28. The Labute approximate surface area is 112 Å². The molecule has 74 valence electrons. The molecule has 0 radical (unpaired) electrons. The number of hydrogen-bond acceptors (Lipinski definition) is 2. The molecule has 0 aliphatic rings. The van der Waals surface area contributed by atoms with Gasteiger partial charge in [-0.15, -0.1) is 24.0 Å². The Hall–Kier alpha value is -0.451. The molecule has 0 saturated heterocycles. The first-order chi connectivity index (χ1) is 6.00. The van der Waals surface area contributed by atoms with E-state index in [9.17, 15) is 0 Å². The van der Waals surface area contributed by atoms with Gasteiger partial charge in [-0.25, -0.2) is 0 Å². The van der Waals surface area contributed by atoms with Gasteiger partial charge in [0.25, 0.3) is 0 Å². The summed E-state index contributed by atoms with van der Waals surface area (Å²) in [6.45, 7) is 0. The van der Waals surface area contributed by atoms with Gasteiger partial charge in [-0.2, -0.15) is 36.4 Å². The molecule has 2 heterocycles. The third kappa shape index (κ3) is 9.64. The van der Waals surface area contributed by atoms with Crippen LogP contribution in [0.5, 0.6) is 0 Å². The predicted octanol–water partition coefficient (Wildman–Crippen LogP) is 2.38. The van der Waals surface area contributed by atoms with E-state index in [1.807, 2.05) is 24.3 Å². The van der Waals surface area contributed by atoms with Crippen LogP contribution in [0.15, 0.2) is 48.8 Å². The SMILES string of the molecule is I.[Fe+2].[c-]1ccccn1.[c-]1ccccn1. The Morgan fingerprint density at radius 3 is 1.21 bits per heavy atom. The molecule has 0 bridgehead atoms. The monoisotopic (exact) mass is 340 g/mol. The molecule has 0 aliphatic carbocycles. The fourth-order valence-electron chi connectivity index (χ4n) is 0.555. The molecule has 0 N–H and O–H groups in total. The molecule has 4 heteroatoms. The number of rotatable bonds is 0. The van der Waals surface area contributed by atoms with Gasteiger partial charge in [-0.1, -0.05) is 24.8 Å². The zero-order chi connectivity index (χ0) is 8.49. The van der Waals surface area contributed by atoms with E-state index in [1.165, 1.54) is 0 Å². The molecule has 14 heavy (non-hydrogen) atoms. The standard InChI is InChI=1S/2C5H4N.Fe.HI/c2*1-2-4-6-5-3-1;;/h2*1-4H;;1H/q2*-1;+2;.